The lowest BCUT2D eigenvalue weighted by atomic mass is 9.69. The zero-order chi connectivity index (χ0) is 31.7. The first kappa shape index (κ1) is 30.5. The number of likely N-dealkylation sites (N-methyl/N-ethyl adjacent to an activating group) is 1. The fraction of sp³-hybridized carbons (Fsp3) is 0.256. The topological polar surface area (TPSA) is 59.5 Å². The summed E-state index contributed by atoms with van der Waals surface area (Å²) in [6.45, 7) is 8.72. The molecule has 0 saturated carbocycles. The highest BCUT2D eigenvalue weighted by Gasteiger charge is 2.35. The van der Waals surface area contributed by atoms with Gasteiger partial charge in [0.05, 0.1) is 22.5 Å². The molecule has 0 saturated heterocycles. The van der Waals surface area contributed by atoms with Crippen LogP contribution in [-0.4, -0.2) is 30.0 Å². The molecule has 0 spiro atoms. The number of ether oxygens (including phenoxy) is 1. The molecule has 1 atom stereocenters. The fourth-order valence-corrected chi connectivity index (χ4v) is 6.46. The van der Waals surface area contributed by atoms with Crippen LogP contribution >= 0.6 is 11.6 Å². The number of esters is 1. The van der Waals surface area contributed by atoms with Gasteiger partial charge in [-0.3, -0.25) is 4.79 Å². The van der Waals surface area contributed by atoms with E-state index in [2.05, 4.69) is 26.8 Å². The third-order valence-corrected chi connectivity index (χ3v) is 9.11. The Balaban J connectivity index is 1.38. The Labute approximate surface area is 269 Å². The van der Waals surface area contributed by atoms with E-state index in [1.165, 1.54) is 0 Å². The van der Waals surface area contributed by atoms with E-state index in [9.17, 15) is 9.59 Å². The van der Waals surface area contributed by atoms with E-state index in [-0.39, 0.29) is 23.8 Å². The molecule has 0 bridgehead atoms. The molecular weight excluding hydrogens is 580 g/mol. The third kappa shape index (κ3) is 6.23. The lowest BCUT2D eigenvalue weighted by Gasteiger charge is -2.36. The van der Waals surface area contributed by atoms with Gasteiger partial charge >= 0.3 is 5.97 Å². The van der Waals surface area contributed by atoms with E-state index in [1.54, 1.807) is 4.90 Å². The van der Waals surface area contributed by atoms with Crippen molar-refractivity contribution >= 4 is 62.5 Å². The Bertz CT molecular complexity index is 1930. The van der Waals surface area contributed by atoms with E-state index in [0.29, 0.717) is 23.6 Å². The second-order valence-corrected chi connectivity index (χ2v) is 13.2. The highest BCUT2D eigenvalue weighted by molar-refractivity contribution is 6.30. The zero-order valence-corrected chi connectivity index (χ0v) is 26.9. The molecule has 1 heterocycles. The quantitative estimate of drug-likeness (QED) is 0.178. The van der Waals surface area contributed by atoms with Crippen molar-refractivity contribution in [1.82, 2.24) is 4.98 Å². The highest BCUT2D eigenvalue weighted by atomic mass is 35.5. The summed E-state index contributed by atoms with van der Waals surface area (Å²) in [6.07, 6.45) is 3.66. The highest BCUT2D eigenvalue weighted by Crippen LogP contribution is 2.45. The Morgan fingerprint density at radius 1 is 0.911 bits per heavy atom. The monoisotopic (exact) mass is 616 g/mol. The Morgan fingerprint density at radius 3 is 2.33 bits per heavy atom. The van der Waals surface area contributed by atoms with Gasteiger partial charge in [0, 0.05) is 22.3 Å². The molecule has 228 valence electrons. The number of halogens is 1. The van der Waals surface area contributed by atoms with E-state index in [0.717, 1.165) is 56.2 Å². The summed E-state index contributed by atoms with van der Waals surface area (Å²) in [5, 5.41) is 3.43. The molecule has 1 amide bonds. The van der Waals surface area contributed by atoms with Gasteiger partial charge in [-0.05, 0) is 83.5 Å². The number of rotatable bonds is 6. The predicted octanol–water partition coefficient (Wildman–Crippen LogP) is 9.40. The Hall–Kier alpha value is -4.48. The lowest BCUT2D eigenvalue weighted by molar-refractivity contribution is -0.121. The summed E-state index contributed by atoms with van der Waals surface area (Å²) < 4.78 is 5.88. The minimum absolute atomic E-state index is 0.0142. The Morgan fingerprint density at radius 2 is 1.60 bits per heavy atom. The van der Waals surface area contributed by atoms with Crippen molar-refractivity contribution in [2.24, 2.45) is 11.3 Å². The molecule has 1 unspecified atom stereocenters. The van der Waals surface area contributed by atoms with Crippen LogP contribution in [0, 0.1) is 11.3 Å². The maximum absolute atomic E-state index is 14.1. The van der Waals surface area contributed by atoms with E-state index in [1.807, 2.05) is 97.9 Å². The number of carbonyl (C=O) groups is 2. The summed E-state index contributed by atoms with van der Waals surface area (Å²) in [4.78, 5) is 34.5. The number of para-hydroxylation sites is 1. The minimum Gasteiger partial charge on any atom is -0.452 e. The van der Waals surface area contributed by atoms with Gasteiger partial charge in [-0.2, -0.15) is 0 Å². The van der Waals surface area contributed by atoms with Crippen LogP contribution in [0.3, 0.4) is 0 Å². The van der Waals surface area contributed by atoms with Crippen LogP contribution in [0.4, 0.5) is 5.69 Å². The van der Waals surface area contributed by atoms with E-state index < -0.39 is 5.97 Å². The summed E-state index contributed by atoms with van der Waals surface area (Å²) in [5.41, 5.74) is 5.78. The molecule has 6 heteroatoms. The van der Waals surface area contributed by atoms with Gasteiger partial charge in [0.1, 0.15) is 0 Å². The number of hydrogen-bond donors (Lipinski definition) is 0. The third-order valence-electron chi connectivity index (χ3n) is 8.86. The molecule has 1 aromatic heterocycles. The van der Waals surface area contributed by atoms with Gasteiger partial charge < -0.3 is 9.64 Å². The molecule has 5 aromatic rings. The summed E-state index contributed by atoms with van der Waals surface area (Å²) in [7, 11) is 0. The molecule has 1 aliphatic carbocycles. The molecule has 5 nitrogen and oxygen atoms in total. The number of fused-ring (bicyclic) bond motifs is 3. The summed E-state index contributed by atoms with van der Waals surface area (Å²) in [6, 6.07) is 29.3. The molecule has 45 heavy (non-hydrogen) atoms. The number of anilines is 1. The van der Waals surface area contributed by atoms with Crippen molar-refractivity contribution in [3.8, 4) is 0 Å². The van der Waals surface area contributed by atoms with Crippen molar-refractivity contribution in [3.05, 3.63) is 118 Å². The van der Waals surface area contributed by atoms with Crippen molar-refractivity contribution in [2.75, 3.05) is 18.1 Å². The molecule has 6 rings (SSSR count). The molecule has 0 N–H and O–H groups in total. The van der Waals surface area contributed by atoms with Gasteiger partial charge in [0.2, 0.25) is 0 Å². The van der Waals surface area contributed by atoms with E-state index in [4.69, 9.17) is 21.3 Å². The van der Waals surface area contributed by atoms with Crippen LogP contribution in [0.25, 0.3) is 33.3 Å². The standard InChI is InChI=1S/C39H37ClN2O3/c1-5-42(34-16-10-12-26-11-6-7-13-30(26)34)35(43)24-45-38(44)36-31-14-8-9-15-33(31)41-37-27(21-25-17-19-29(40)20-18-25)22-28(23-32(36)37)39(2,3)4/h6-21,28H,5,22-24H2,1-4H3/b27-21+. The van der Waals surface area contributed by atoms with Crippen molar-refractivity contribution in [2.45, 2.75) is 40.5 Å². The number of carbonyl (C=O) groups excluding carboxylic acids is 2. The maximum atomic E-state index is 14.1. The van der Waals surface area contributed by atoms with Crippen LogP contribution in [0.15, 0.2) is 91.0 Å². The van der Waals surface area contributed by atoms with Gasteiger partial charge in [0.25, 0.3) is 5.91 Å². The largest absolute Gasteiger partial charge is 0.452 e. The number of aromatic nitrogens is 1. The molecule has 0 aliphatic heterocycles. The number of pyridine rings is 1. The molecule has 0 radical (unpaired) electrons. The first-order valence-corrected chi connectivity index (χ1v) is 15.8. The number of allylic oxidation sites excluding steroid dienone is 1. The van der Waals surface area contributed by atoms with Crippen LogP contribution in [0.1, 0.15) is 61.3 Å². The molecular formula is C39H37ClN2O3. The van der Waals surface area contributed by atoms with Crippen LogP contribution in [0.5, 0.6) is 0 Å². The first-order chi connectivity index (χ1) is 21.6. The van der Waals surface area contributed by atoms with Gasteiger partial charge in [-0.15, -0.1) is 0 Å². The fourth-order valence-electron chi connectivity index (χ4n) is 6.33. The van der Waals surface area contributed by atoms with Crippen molar-refractivity contribution < 1.29 is 14.3 Å². The molecule has 0 fully saturated rings. The normalized spacial score (nSPS) is 15.7. The van der Waals surface area contributed by atoms with Gasteiger partial charge in [-0.1, -0.05) is 99.1 Å². The molecule has 1 aliphatic rings. The summed E-state index contributed by atoms with van der Waals surface area (Å²) in [5.74, 6) is -0.514. The number of amides is 1. The lowest BCUT2D eigenvalue weighted by Crippen LogP contribution is -2.35. The van der Waals surface area contributed by atoms with E-state index >= 15 is 0 Å². The van der Waals surface area contributed by atoms with Crippen molar-refractivity contribution in [3.63, 3.8) is 0 Å². The van der Waals surface area contributed by atoms with Crippen LogP contribution < -0.4 is 4.90 Å². The zero-order valence-electron chi connectivity index (χ0n) is 26.1. The van der Waals surface area contributed by atoms with Crippen molar-refractivity contribution in [1.29, 1.82) is 0 Å². The SMILES string of the molecule is CCN(C(=O)COC(=O)c1c2c(nc3ccccc13)/C(=C/c1ccc(Cl)cc1)CC(C(C)(C)C)C2)c1cccc2ccccc12. The first-order valence-electron chi connectivity index (χ1n) is 15.5. The van der Waals surface area contributed by atoms with Gasteiger partial charge in [-0.25, -0.2) is 9.78 Å². The second kappa shape index (κ2) is 12.5. The second-order valence-electron chi connectivity index (χ2n) is 12.7. The minimum atomic E-state index is -0.507. The van der Waals surface area contributed by atoms with Crippen LogP contribution in [0.2, 0.25) is 5.02 Å². The average molecular weight is 617 g/mol. The smallest absolute Gasteiger partial charge is 0.339 e. The number of hydrogen-bond acceptors (Lipinski definition) is 4. The number of nitrogens with zero attached hydrogens (tertiary/aromatic N) is 2. The Kier molecular flexibility index (Phi) is 8.48. The average Bonchev–Trinajstić information content (AvgIpc) is 3.03. The van der Waals surface area contributed by atoms with Gasteiger partial charge in [0.15, 0.2) is 6.61 Å². The van der Waals surface area contributed by atoms with Crippen LogP contribution in [-0.2, 0) is 16.0 Å². The predicted molar refractivity (Wildman–Crippen MR) is 185 cm³/mol. The number of benzene rings is 4. The maximum Gasteiger partial charge on any atom is 0.339 e. The molecule has 4 aromatic carbocycles. The summed E-state index contributed by atoms with van der Waals surface area (Å²) >= 11 is 6.17.